The number of hydrogen-bond acceptors (Lipinski definition) is 6. The molecule has 0 radical (unpaired) electrons. The summed E-state index contributed by atoms with van der Waals surface area (Å²) in [6.07, 6.45) is -2.37. The van der Waals surface area contributed by atoms with E-state index < -0.39 is 17.8 Å². The Hall–Kier alpha value is -3.41. The number of carbonyl (C=O) groups is 1. The van der Waals surface area contributed by atoms with Gasteiger partial charge in [-0.3, -0.25) is 14.5 Å². The third-order valence-electron chi connectivity index (χ3n) is 5.68. The summed E-state index contributed by atoms with van der Waals surface area (Å²) in [6, 6.07) is 4.41. The Balaban J connectivity index is 1.47. The number of aryl methyl sites for hydroxylation is 1. The first kappa shape index (κ1) is 22.8. The van der Waals surface area contributed by atoms with Crippen LogP contribution in [0.3, 0.4) is 0 Å². The summed E-state index contributed by atoms with van der Waals surface area (Å²) in [5, 5.41) is 6.80. The molecule has 4 rings (SSSR count). The average Bonchev–Trinajstić information content (AvgIpc) is 3.18. The van der Waals surface area contributed by atoms with E-state index in [0.717, 1.165) is 5.69 Å². The number of rotatable bonds is 5. The van der Waals surface area contributed by atoms with Crippen LogP contribution in [0.15, 0.2) is 29.2 Å². The first-order chi connectivity index (χ1) is 15.7. The van der Waals surface area contributed by atoms with E-state index in [0.29, 0.717) is 50.4 Å². The van der Waals surface area contributed by atoms with Crippen molar-refractivity contribution in [3.05, 3.63) is 57.4 Å². The van der Waals surface area contributed by atoms with E-state index in [1.165, 1.54) is 19.2 Å². The maximum Gasteiger partial charge on any atom is 0.435 e. The summed E-state index contributed by atoms with van der Waals surface area (Å²) in [6.45, 7) is 4.20. The van der Waals surface area contributed by atoms with Crippen molar-refractivity contribution in [3.63, 3.8) is 0 Å². The second kappa shape index (κ2) is 8.85. The summed E-state index contributed by atoms with van der Waals surface area (Å²) >= 11 is 0. The lowest BCUT2D eigenvalue weighted by molar-refractivity contribution is -0.140. The van der Waals surface area contributed by atoms with Gasteiger partial charge in [-0.05, 0) is 18.6 Å². The molecule has 0 bridgehead atoms. The molecule has 0 atom stereocenters. The molecule has 1 aliphatic rings. The monoisotopic (exact) mass is 463 g/mol. The molecule has 1 amide bonds. The molecule has 2 N–H and O–H groups in total. The molecule has 0 spiro atoms. The second-order valence-corrected chi connectivity index (χ2v) is 7.83. The molecule has 9 nitrogen and oxygen atoms in total. The van der Waals surface area contributed by atoms with Gasteiger partial charge in [-0.1, -0.05) is 6.92 Å². The van der Waals surface area contributed by atoms with Crippen molar-refractivity contribution in [1.82, 2.24) is 29.8 Å². The van der Waals surface area contributed by atoms with E-state index in [4.69, 9.17) is 0 Å². The lowest BCUT2D eigenvalue weighted by atomic mass is 10.2. The molecule has 3 aromatic rings. The summed E-state index contributed by atoms with van der Waals surface area (Å²) < 4.78 is 42.5. The zero-order valence-corrected chi connectivity index (χ0v) is 18.2. The number of anilines is 1. The van der Waals surface area contributed by atoms with Gasteiger partial charge in [-0.25, -0.2) is 9.50 Å². The largest absolute Gasteiger partial charge is 0.435 e. The quantitative estimate of drug-likeness (QED) is 0.598. The highest BCUT2D eigenvalue weighted by atomic mass is 19.4. The van der Waals surface area contributed by atoms with Gasteiger partial charge >= 0.3 is 6.18 Å². The molecule has 1 fully saturated rings. The normalized spacial score (nSPS) is 15.2. The van der Waals surface area contributed by atoms with Gasteiger partial charge in [-0.15, -0.1) is 0 Å². The van der Waals surface area contributed by atoms with Gasteiger partial charge in [0, 0.05) is 57.6 Å². The summed E-state index contributed by atoms with van der Waals surface area (Å²) in [4.78, 5) is 33.8. The number of carbonyl (C=O) groups excluding carboxylic acids is 1. The third-order valence-corrected chi connectivity index (χ3v) is 5.68. The number of aromatic nitrogens is 4. The van der Waals surface area contributed by atoms with Crippen LogP contribution >= 0.6 is 0 Å². The Labute approximate surface area is 187 Å². The first-order valence-corrected chi connectivity index (χ1v) is 10.6. The molecule has 0 saturated carbocycles. The van der Waals surface area contributed by atoms with Crippen molar-refractivity contribution in [1.29, 1.82) is 0 Å². The molecule has 12 heteroatoms. The SMILES string of the molecule is CCc1cn2nc(CN3CCN(c4ccc(C(=O)NC)nc4C(F)(F)F)CC3)cc2[nH]c1=O. The van der Waals surface area contributed by atoms with Crippen LogP contribution in [-0.2, 0) is 19.1 Å². The Morgan fingerprint density at radius 3 is 2.58 bits per heavy atom. The van der Waals surface area contributed by atoms with E-state index in [9.17, 15) is 22.8 Å². The van der Waals surface area contributed by atoms with E-state index in [1.807, 2.05) is 6.92 Å². The van der Waals surface area contributed by atoms with E-state index in [2.05, 4.69) is 25.3 Å². The summed E-state index contributed by atoms with van der Waals surface area (Å²) in [5.74, 6) is -0.670. The predicted octanol–water partition coefficient (Wildman–Crippen LogP) is 1.68. The lowest BCUT2D eigenvalue weighted by Crippen LogP contribution is -2.46. The number of amides is 1. The van der Waals surface area contributed by atoms with Gasteiger partial charge in [0.2, 0.25) is 0 Å². The molecule has 1 aliphatic heterocycles. The summed E-state index contributed by atoms with van der Waals surface area (Å²) in [7, 11) is 1.34. The van der Waals surface area contributed by atoms with Gasteiger partial charge in [0.25, 0.3) is 11.5 Å². The highest BCUT2D eigenvalue weighted by Gasteiger charge is 2.38. The van der Waals surface area contributed by atoms with Crippen molar-refractivity contribution in [2.24, 2.45) is 0 Å². The fraction of sp³-hybridized carbons (Fsp3) is 0.429. The second-order valence-electron chi connectivity index (χ2n) is 7.83. The number of hydrogen-bond donors (Lipinski definition) is 2. The number of H-pyrrole nitrogens is 1. The van der Waals surface area contributed by atoms with E-state index >= 15 is 0 Å². The molecule has 33 heavy (non-hydrogen) atoms. The van der Waals surface area contributed by atoms with Crippen molar-refractivity contribution < 1.29 is 18.0 Å². The molecule has 0 unspecified atom stereocenters. The molecule has 0 aromatic carbocycles. The Bertz CT molecular complexity index is 1230. The maximum absolute atomic E-state index is 13.6. The van der Waals surface area contributed by atoms with Gasteiger partial charge in [-0.2, -0.15) is 18.3 Å². The van der Waals surface area contributed by atoms with Gasteiger partial charge in [0.15, 0.2) is 5.69 Å². The zero-order chi connectivity index (χ0) is 23.8. The molecular weight excluding hydrogens is 439 g/mol. The van der Waals surface area contributed by atoms with Gasteiger partial charge < -0.3 is 15.2 Å². The van der Waals surface area contributed by atoms with E-state index in [-0.39, 0.29) is 16.9 Å². The minimum Gasteiger partial charge on any atom is -0.367 e. The molecule has 176 valence electrons. The van der Waals surface area contributed by atoms with Crippen LogP contribution in [0.2, 0.25) is 0 Å². The van der Waals surface area contributed by atoms with Crippen LogP contribution in [-0.4, -0.2) is 63.6 Å². The number of nitrogens with one attached hydrogen (secondary N) is 2. The van der Waals surface area contributed by atoms with Crippen molar-refractivity contribution in [2.45, 2.75) is 26.1 Å². The first-order valence-electron chi connectivity index (χ1n) is 10.6. The van der Waals surface area contributed by atoms with Crippen molar-refractivity contribution in [3.8, 4) is 0 Å². The summed E-state index contributed by atoms with van der Waals surface area (Å²) in [5.41, 5.74) is 0.496. The van der Waals surface area contributed by atoms with Crippen LogP contribution in [0.5, 0.6) is 0 Å². The smallest absolute Gasteiger partial charge is 0.367 e. The number of nitrogens with zero attached hydrogens (tertiary/aromatic N) is 5. The molecule has 3 aromatic heterocycles. The zero-order valence-electron chi connectivity index (χ0n) is 18.2. The van der Waals surface area contributed by atoms with Gasteiger partial charge in [0.1, 0.15) is 11.3 Å². The van der Waals surface area contributed by atoms with Crippen LogP contribution < -0.4 is 15.8 Å². The fourth-order valence-electron chi connectivity index (χ4n) is 3.91. The van der Waals surface area contributed by atoms with Crippen LogP contribution in [0.25, 0.3) is 5.65 Å². The minimum atomic E-state index is -4.68. The number of halogens is 3. The third kappa shape index (κ3) is 4.70. The van der Waals surface area contributed by atoms with Crippen LogP contribution in [0.4, 0.5) is 18.9 Å². The Morgan fingerprint density at radius 2 is 1.94 bits per heavy atom. The molecule has 1 saturated heterocycles. The van der Waals surface area contributed by atoms with Gasteiger partial charge in [0.05, 0.1) is 11.4 Å². The minimum absolute atomic E-state index is 0.0350. The highest BCUT2D eigenvalue weighted by molar-refractivity contribution is 5.92. The standard InChI is InChI=1S/C21H24F3N7O2/c1-3-13-11-31-17(27-19(13)32)10-14(28-31)12-29-6-8-30(9-7-29)16-5-4-15(20(33)25-2)26-18(16)21(22,23)24/h4-5,10-11H,3,6-9,12H2,1-2H3,(H,25,33)(H,27,32). The number of fused-ring (bicyclic) bond motifs is 1. The van der Waals surface area contributed by atoms with Crippen LogP contribution in [0.1, 0.15) is 34.4 Å². The Morgan fingerprint density at radius 1 is 1.21 bits per heavy atom. The topological polar surface area (TPSA) is 98.6 Å². The number of piperazine rings is 1. The predicted molar refractivity (Wildman–Crippen MR) is 115 cm³/mol. The molecular formula is C21H24F3N7O2. The number of alkyl halides is 3. The lowest BCUT2D eigenvalue weighted by Gasteiger charge is -2.36. The Kier molecular flexibility index (Phi) is 6.11. The maximum atomic E-state index is 13.6. The van der Waals surface area contributed by atoms with Crippen LogP contribution in [0, 0.1) is 0 Å². The molecule has 4 heterocycles. The number of aromatic amines is 1. The highest BCUT2D eigenvalue weighted by Crippen LogP contribution is 2.35. The number of pyridine rings is 1. The molecule has 0 aliphatic carbocycles. The fourth-order valence-corrected chi connectivity index (χ4v) is 3.91. The van der Waals surface area contributed by atoms with Crippen molar-refractivity contribution in [2.75, 3.05) is 38.1 Å². The average molecular weight is 463 g/mol. The van der Waals surface area contributed by atoms with Crippen molar-refractivity contribution >= 4 is 17.2 Å². The van der Waals surface area contributed by atoms with E-state index in [1.54, 1.807) is 21.7 Å².